The lowest BCUT2D eigenvalue weighted by atomic mass is 10.2. The molecule has 1 aliphatic heterocycles. The zero-order valence-corrected chi connectivity index (χ0v) is 9.07. The zero-order valence-electron chi connectivity index (χ0n) is 8.32. The van der Waals surface area contributed by atoms with Gasteiger partial charge in [-0.2, -0.15) is 0 Å². The standard InChI is InChI=1S/C11H13ClN2O/c12-8-3-5-9(6-4-8)14-7-1-2-10(14)11(13)15/h3-6,10H,1-2,7H2,(H2,13,15)/t10-/m0/s1. The molecule has 80 valence electrons. The molecule has 1 atom stereocenters. The summed E-state index contributed by atoms with van der Waals surface area (Å²) in [6.07, 6.45) is 1.86. The van der Waals surface area contributed by atoms with Crippen LogP contribution < -0.4 is 10.6 Å². The Morgan fingerprint density at radius 3 is 2.67 bits per heavy atom. The summed E-state index contributed by atoms with van der Waals surface area (Å²) in [5, 5.41) is 0.702. The molecule has 0 bridgehead atoms. The Labute approximate surface area is 93.8 Å². The average Bonchev–Trinajstić information content (AvgIpc) is 2.67. The van der Waals surface area contributed by atoms with Gasteiger partial charge in [0.25, 0.3) is 0 Å². The molecule has 2 rings (SSSR count). The van der Waals surface area contributed by atoms with Crippen LogP contribution in [0.5, 0.6) is 0 Å². The van der Waals surface area contributed by atoms with Crippen LogP contribution in [0.3, 0.4) is 0 Å². The summed E-state index contributed by atoms with van der Waals surface area (Å²) in [6.45, 7) is 0.884. The van der Waals surface area contributed by atoms with E-state index < -0.39 is 0 Å². The minimum Gasteiger partial charge on any atom is -0.368 e. The molecule has 4 heteroatoms. The summed E-state index contributed by atoms with van der Waals surface area (Å²) in [5.74, 6) is -0.248. The van der Waals surface area contributed by atoms with E-state index in [-0.39, 0.29) is 11.9 Å². The van der Waals surface area contributed by atoms with Gasteiger partial charge in [-0.3, -0.25) is 4.79 Å². The van der Waals surface area contributed by atoms with Crippen LogP contribution in [0.2, 0.25) is 5.02 Å². The molecular weight excluding hydrogens is 212 g/mol. The fourth-order valence-corrected chi connectivity index (χ4v) is 2.13. The maximum absolute atomic E-state index is 11.2. The Hall–Kier alpha value is -1.22. The van der Waals surface area contributed by atoms with Crippen LogP contribution in [-0.4, -0.2) is 18.5 Å². The Morgan fingerprint density at radius 2 is 2.07 bits per heavy atom. The molecule has 1 fully saturated rings. The first-order valence-electron chi connectivity index (χ1n) is 5.00. The number of hydrogen-bond donors (Lipinski definition) is 1. The highest BCUT2D eigenvalue weighted by atomic mass is 35.5. The topological polar surface area (TPSA) is 46.3 Å². The Kier molecular flexibility index (Phi) is 2.82. The highest BCUT2D eigenvalue weighted by molar-refractivity contribution is 6.30. The number of halogens is 1. The van der Waals surface area contributed by atoms with Crippen LogP contribution in [0.25, 0.3) is 0 Å². The van der Waals surface area contributed by atoms with Crippen LogP contribution in [0.15, 0.2) is 24.3 Å². The molecule has 0 radical (unpaired) electrons. The lowest BCUT2D eigenvalue weighted by molar-refractivity contribution is -0.119. The summed E-state index contributed by atoms with van der Waals surface area (Å²) in [6, 6.07) is 7.33. The van der Waals surface area contributed by atoms with Crippen LogP contribution >= 0.6 is 11.6 Å². The quantitative estimate of drug-likeness (QED) is 0.833. The van der Waals surface area contributed by atoms with Crippen molar-refractivity contribution in [2.45, 2.75) is 18.9 Å². The predicted octanol–water partition coefficient (Wildman–Crippen LogP) is 1.79. The van der Waals surface area contributed by atoms with Crippen molar-refractivity contribution < 1.29 is 4.79 Å². The molecule has 1 aliphatic rings. The van der Waals surface area contributed by atoms with E-state index in [0.717, 1.165) is 25.1 Å². The van der Waals surface area contributed by atoms with E-state index in [4.69, 9.17) is 17.3 Å². The number of nitrogens with zero attached hydrogens (tertiary/aromatic N) is 1. The molecule has 1 aromatic carbocycles. The van der Waals surface area contributed by atoms with Gasteiger partial charge in [-0.25, -0.2) is 0 Å². The van der Waals surface area contributed by atoms with Crippen LogP contribution in [0, 0.1) is 0 Å². The van der Waals surface area contributed by atoms with E-state index in [2.05, 4.69) is 0 Å². The van der Waals surface area contributed by atoms with E-state index in [9.17, 15) is 4.79 Å². The molecule has 0 aliphatic carbocycles. The molecule has 0 spiro atoms. The summed E-state index contributed by atoms with van der Waals surface area (Å²) in [4.78, 5) is 13.2. The zero-order chi connectivity index (χ0) is 10.8. The van der Waals surface area contributed by atoms with Gasteiger partial charge in [0.1, 0.15) is 6.04 Å². The van der Waals surface area contributed by atoms with Gasteiger partial charge in [0.05, 0.1) is 0 Å². The lowest BCUT2D eigenvalue weighted by Crippen LogP contribution is -2.40. The first kappa shape index (κ1) is 10.3. The number of amides is 1. The van der Waals surface area contributed by atoms with Gasteiger partial charge in [-0.05, 0) is 37.1 Å². The van der Waals surface area contributed by atoms with E-state index in [0.29, 0.717) is 5.02 Å². The Balaban J connectivity index is 2.22. The molecular formula is C11H13ClN2O. The first-order valence-corrected chi connectivity index (χ1v) is 5.38. The molecule has 1 saturated heterocycles. The summed E-state index contributed by atoms with van der Waals surface area (Å²) in [5.41, 5.74) is 6.36. The molecule has 0 unspecified atom stereocenters. The Morgan fingerprint density at radius 1 is 1.40 bits per heavy atom. The minimum absolute atomic E-state index is 0.161. The number of benzene rings is 1. The molecule has 3 nitrogen and oxygen atoms in total. The van der Waals surface area contributed by atoms with Crippen molar-refractivity contribution in [3.63, 3.8) is 0 Å². The number of carbonyl (C=O) groups is 1. The van der Waals surface area contributed by atoms with Gasteiger partial charge >= 0.3 is 0 Å². The van der Waals surface area contributed by atoms with Crippen LogP contribution in [0.1, 0.15) is 12.8 Å². The van der Waals surface area contributed by atoms with E-state index in [1.807, 2.05) is 29.2 Å². The largest absolute Gasteiger partial charge is 0.368 e. The second-order valence-electron chi connectivity index (χ2n) is 3.73. The third-order valence-corrected chi connectivity index (χ3v) is 2.99. The normalized spacial score (nSPS) is 20.6. The highest BCUT2D eigenvalue weighted by Crippen LogP contribution is 2.26. The molecule has 1 heterocycles. The second-order valence-corrected chi connectivity index (χ2v) is 4.17. The third-order valence-electron chi connectivity index (χ3n) is 2.74. The van der Waals surface area contributed by atoms with Gasteiger partial charge in [0, 0.05) is 17.3 Å². The molecule has 0 aromatic heterocycles. The number of rotatable bonds is 2. The Bertz CT molecular complexity index is 363. The summed E-state index contributed by atoms with van der Waals surface area (Å²) in [7, 11) is 0. The summed E-state index contributed by atoms with van der Waals surface area (Å²) < 4.78 is 0. The SMILES string of the molecule is NC(=O)[C@@H]1CCCN1c1ccc(Cl)cc1. The molecule has 15 heavy (non-hydrogen) atoms. The van der Waals surface area contributed by atoms with Crippen molar-refractivity contribution in [1.82, 2.24) is 0 Å². The number of hydrogen-bond acceptors (Lipinski definition) is 2. The fraction of sp³-hybridized carbons (Fsp3) is 0.364. The maximum Gasteiger partial charge on any atom is 0.240 e. The first-order chi connectivity index (χ1) is 7.18. The fourth-order valence-electron chi connectivity index (χ4n) is 2.00. The average molecular weight is 225 g/mol. The molecule has 2 N–H and O–H groups in total. The van der Waals surface area contributed by atoms with Gasteiger partial charge in [-0.1, -0.05) is 11.6 Å². The van der Waals surface area contributed by atoms with E-state index >= 15 is 0 Å². The maximum atomic E-state index is 11.2. The van der Waals surface area contributed by atoms with Gasteiger partial charge in [0.15, 0.2) is 0 Å². The predicted molar refractivity (Wildman–Crippen MR) is 61.0 cm³/mol. The molecule has 0 saturated carbocycles. The van der Waals surface area contributed by atoms with Gasteiger partial charge in [-0.15, -0.1) is 0 Å². The van der Waals surface area contributed by atoms with Crippen molar-refractivity contribution in [3.05, 3.63) is 29.3 Å². The lowest BCUT2D eigenvalue weighted by Gasteiger charge is -2.24. The number of carbonyl (C=O) groups excluding carboxylic acids is 1. The summed E-state index contributed by atoms with van der Waals surface area (Å²) >= 11 is 5.81. The van der Waals surface area contributed by atoms with Gasteiger partial charge < -0.3 is 10.6 Å². The van der Waals surface area contributed by atoms with E-state index in [1.54, 1.807) is 0 Å². The number of nitrogens with two attached hydrogens (primary N) is 1. The minimum atomic E-state index is -0.248. The smallest absolute Gasteiger partial charge is 0.240 e. The molecule has 1 amide bonds. The van der Waals surface area contributed by atoms with Crippen molar-refractivity contribution in [3.8, 4) is 0 Å². The van der Waals surface area contributed by atoms with Gasteiger partial charge in [0.2, 0.25) is 5.91 Å². The van der Waals surface area contributed by atoms with Crippen LogP contribution in [0.4, 0.5) is 5.69 Å². The molecule has 1 aromatic rings. The third kappa shape index (κ3) is 2.07. The van der Waals surface area contributed by atoms with E-state index in [1.165, 1.54) is 0 Å². The number of primary amides is 1. The monoisotopic (exact) mass is 224 g/mol. The highest BCUT2D eigenvalue weighted by Gasteiger charge is 2.28. The second kappa shape index (κ2) is 4.11. The van der Waals surface area contributed by atoms with Crippen molar-refractivity contribution in [2.24, 2.45) is 5.73 Å². The number of anilines is 1. The van der Waals surface area contributed by atoms with Crippen molar-refractivity contribution in [1.29, 1.82) is 0 Å². The van der Waals surface area contributed by atoms with Crippen LogP contribution in [-0.2, 0) is 4.79 Å². The van der Waals surface area contributed by atoms with Crippen molar-refractivity contribution >= 4 is 23.2 Å². The van der Waals surface area contributed by atoms with Crippen molar-refractivity contribution in [2.75, 3.05) is 11.4 Å².